The molecule has 0 bridgehead atoms. The van der Waals surface area contributed by atoms with Gasteiger partial charge in [0.15, 0.2) is 0 Å². The minimum atomic E-state index is -4.86. The van der Waals surface area contributed by atoms with E-state index < -0.39 is 47.3 Å². The van der Waals surface area contributed by atoms with Gasteiger partial charge in [-0.25, -0.2) is 9.69 Å². The lowest BCUT2D eigenvalue weighted by molar-refractivity contribution is -0.139. The number of aliphatic carboxylic acids is 1. The highest BCUT2D eigenvalue weighted by atomic mass is 19.4. The molecular weight excluding hydrogens is 343 g/mol. The fourth-order valence-corrected chi connectivity index (χ4v) is 2.47. The average molecular weight is 355 g/mol. The van der Waals surface area contributed by atoms with Crippen LogP contribution in [-0.4, -0.2) is 40.0 Å². The molecular formula is C15H12F3N3O4. The van der Waals surface area contributed by atoms with Crippen molar-refractivity contribution in [2.24, 2.45) is 0 Å². The van der Waals surface area contributed by atoms with E-state index in [1.165, 1.54) is 19.9 Å². The van der Waals surface area contributed by atoms with Gasteiger partial charge in [-0.1, -0.05) is 0 Å². The maximum Gasteiger partial charge on any atom is 0.417 e. The molecule has 10 heteroatoms. The van der Waals surface area contributed by atoms with Crippen LogP contribution in [0.25, 0.3) is 0 Å². The first-order valence-electron chi connectivity index (χ1n) is 6.90. The molecule has 1 aromatic carbocycles. The number of hydrogen-bond donors (Lipinski definition) is 1. The van der Waals surface area contributed by atoms with Crippen LogP contribution in [0.2, 0.25) is 0 Å². The summed E-state index contributed by atoms with van der Waals surface area (Å²) in [6.07, 6.45) is -4.86. The first-order chi connectivity index (χ1) is 11.4. The standard InChI is InChI=1S/C15H12F3N3O4/c1-14(2)12(24)21(13(25)20(14)7-11(22)23)9-4-3-8(6-19)10(5-9)15(16,17)18/h3-5H,7H2,1-2H3,(H,22,23). The molecule has 1 aliphatic heterocycles. The summed E-state index contributed by atoms with van der Waals surface area (Å²) in [5.74, 6) is -2.23. The van der Waals surface area contributed by atoms with Gasteiger partial charge in [-0.3, -0.25) is 14.5 Å². The van der Waals surface area contributed by atoms with Crippen LogP contribution in [0.3, 0.4) is 0 Å². The predicted octanol–water partition coefficient (Wildman–Crippen LogP) is 2.21. The molecule has 1 saturated heterocycles. The summed E-state index contributed by atoms with van der Waals surface area (Å²) in [5, 5.41) is 17.7. The quantitative estimate of drug-likeness (QED) is 0.838. The largest absolute Gasteiger partial charge is 0.480 e. The van der Waals surface area contributed by atoms with E-state index in [4.69, 9.17) is 10.4 Å². The van der Waals surface area contributed by atoms with Crippen molar-refractivity contribution in [2.75, 3.05) is 11.4 Å². The molecule has 0 spiro atoms. The van der Waals surface area contributed by atoms with Crippen molar-refractivity contribution in [3.63, 3.8) is 0 Å². The van der Waals surface area contributed by atoms with Crippen LogP contribution in [0.4, 0.5) is 23.7 Å². The van der Waals surface area contributed by atoms with Gasteiger partial charge in [-0.05, 0) is 32.0 Å². The number of halogens is 3. The molecule has 0 aromatic heterocycles. The summed E-state index contributed by atoms with van der Waals surface area (Å²) >= 11 is 0. The van der Waals surface area contributed by atoms with E-state index in [0.717, 1.165) is 17.0 Å². The number of urea groups is 1. The molecule has 132 valence electrons. The van der Waals surface area contributed by atoms with Crippen molar-refractivity contribution in [1.82, 2.24) is 4.90 Å². The zero-order valence-electron chi connectivity index (χ0n) is 13.1. The Kier molecular flexibility index (Phi) is 4.21. The third-order valence-electron chi connectivity index (χ3n) is 3.80. The lowest BCUT2D eigenvalue weighted by Crippen LogP contribution is -2.46. The maximum absolute atomic E-state index is 13.1. The van der Waals surface area contributed by atoms with Crippen LogP contribution in [0.5, 0.6) is 0 Å². The first kappa shape index (κ1) is 18.3. The van der Waals surface area contributed by atoms with E-state index in [1.807, 2.05) is 0 Å². The van der Waals surface area contributed by atoms with E-state index in [-0.39, 0.29) is 5.69 Å². The minimum Gasteiger partial charge on any atom is -0.480 e. The molecule has 1 heterocycles. The van der Waals surface area contributed by atoms with Crippen LogP contribution in [0.1, 0.15) is 25.0 Å². The smallest absolute Gasteiger partial charge is 0.417 e. The zero-order valence-corrected chi connectivity index (χ0v) is 13.1. The van der Waals surface area contributed by atoms with Gasteiger partial charge >= 0.3 is 18.2 Å². The zero-order chi connectivity index (χ0) is 19.2. The Morgan fingerprint density at radius 1 is 1.32 bits per heavy atom. The number of carboxylic acid groups (broad SMARTS) is 1. The highest BCUT2D eigenvalue weighted by molar-refractivity contribution is 6.23. The Labute approximate surface area is 139 Å². The van der Waals surface area contributed by atoms with E-state index in [1.54, 1.807) is 0 Å². The van der Waals surface area contributed by atoms with Crippen molar-refractivity contribution >= 4 is 23.6 Å². The Morgan fingerprint density at radius 3 is 2.40 bits per heavy atom. The van der Waals surface area contributed by atoms with Crippen LogP contribution in [-0.2, 0) is 15.8 Å². The van der Waals surface area contributed by atoms with Crippen LogP contribution in [0.15, 0.2) is 18.2 Å². The summed E-state index contributed by atoms with van der Waals surface area (Å²) in [5.41, 5.74) is -3.87. The van der Waals surface area contributed by atoms with Crippen molar-refractivity contribution < 1.29 is 32.7 Å². The molecule has 1 aromatic rings. The summed E-state index contributed by atoms with van der Waals surface area (Å²) < 4.78 is 39.2. The maximum atomic E-state index is 13.1. The van der Waals surface area contributed by atoms with Crippen LogP contribution >= 0.6 is 0 Å². The topological polar surface area (TPSA) is 102 Å². The third-order valence-corrected chi connectivity index (χ3v) is 3.80. The highest BCUT2D eigenvalue weighted by Gasteiger charge is 2.52. The SMILES string of the molecule is CC1(C)C(=O)N(c2ccc(C#N)c(C(F)(F)F)c2)C(=O)N1CC(=O)O. The number of nitrogens with zero attached hydrogens (tertiary/aromatic N) is 3. The molecule has 0 aliphatic carbocycles. The summed E-state index contributed by atoms with van der Waals surface area (Å²) in [7, 11) is 0. The van der Waals surface area contributed by atoms with Gasteiger partial charge in [0.25, 0.3) is 5.91 Å². The summed E-state index contributed by atoms with van der Waals surface area (Å²) in [6, 6.07) is 2.76. The molecule has 0 saturated carbocycles. The molecule has 0 unspecified atom stereocenters. The second-order valence-electron chi connectivity index (χ2n) is 5.80. The van der Waals surface area contributed by atoms with Crippen LogP contribution in [0, 0.1) is 11.3 Å². The number of nitriles is 1. The highest BCUT2D eigenvalue weighted by Crippen LogP contribution is 2.37. The lowest BCUT2D eigenvalue weighted by atomic mass is 10.0. The first-order valence-corrected chi connectivity index (χ1v) is 6.90. The molecule has 7 nitrogen and oxygen atoms in total. The van der Waals surface area contributed by atoms with E-state index in [2.05, 4.69) is 0 Å². The number of imide groups is 1. The number of benzene rings is 1. The number of amides is 3. The number of carbonyl (C=O) groups excluding carboxylic acids is 2. The average Bonchev–Trinajstić information content (AvgIpc) is 2.66. The number of anilines is 1. The van der Waals surface area contributed by atoms with Gasteiger partial charge < -0.3 is 5.11 Å². The van der Waals surface area contributed by atoms with Gasteiger partial charge in [0.1, 0.15) is 12.1 Å². The number of carboxylic acids is 1. The molecule has 0 radical (unpaired) electrons. The molecule has 2 rings (SSSR count). The normalized spacial score (nSPS) is 17.0. The molecule has 25 heavy (non-hydrogen) atoms. The van der Waals surface area contributed by atoms with Crippen molar-refractivity contribution in [3.8, 4) is 6.07 Å². The molecule has 1 fully saturated rings. The summed E-state index contributed by atoms with van der Waals surface area (Å²) in [6.45, 7) is 1.81. The lowest BCUT2D eigenvalue weighted by Gasteiger charge is -2.25. The van der Waals surface area contributed by atoms with Gasteiger partial charge in [-0.2, -0.15) is 18.4 Å². The van der Waals surface area contributed by atoms with E-state index >= 15 is 0 Å². The second-order valence-corrected chi connectivity index (χ2v) is 5.80. The van der Waals surface area contributed by atoms with Gasteiger partial charge in [-0.15, -0.1) is 0 Å². The Balaban J connectivity index is 2.56. The summed E-state index contributed by atoms with van der Waals surface area (Å²) in [4.78, 5) is 37.0. The number of carbonyl (C=O) groups is 3. The monoisotopic (exact) mass is 355 g/mol. The van der Waals surface area contributed by atoms with Crippen molar-refractivity contribution in [2.45, 2.75) is 25.6 Å². The van der Waals surface area contributed by atoms with E-state index in [9.17, 15) is 27.6 Å². The second kappa shape index (κ2) is 5.77. The Morgan fingerprint density at radius 2 is 1.92 bits per heavy atom. The third kappa shape index (κ3) is 3.00. The Hall–Kier alpha value is -3.09. The number of rotatable bonds is 3. The predicted molar refractivity (Wildman–Crippen MR) is 77.5 cm³/mol. The molecule has 1 N–H and O–H groups in total. The fraction of sp³-hybridized carbons (Fsp3) is 0.333. The number of alkyl halides is 3. The van der Waals surface area contributed by atoms with Crippen LogP contribution < -0.4 is 4.90 Å². The van der Waals surface area contributed by atoms with Gasteiger partial charge in [0, 0.05) is 0 Å². The molecule has 1 aliphatic rings. The van der Waals surface area contributed by atoms with Crippen molar-refractivity contribution in [1.29, 1.82) is 5.26 Å². The van der Waals surface area contributed by atoms with Crippen molar-refractivity contribution in [3.05, 3.63) is 29.3 Å². The van der Waals surface area contributed by atoms with E-state index in [0.29, 0.717) is 11.0 Å². The molecule has 3 amide bonds. The minimum absolute atomic E-state index is 0.387. The van der Waals surface area contributed by atoms with Gasteiger partial charge in [0.2, 0.25) is 0 Å². The number of hydrogen-bond acceptors (Lipinski definition) is 4. The Bertz CT molecular complexity index is 811. The molecule has 0 atom stereocenters. The van der Waals surface area contributed by atoms with Gasteiger partial charge in [0.05, 0.1) is 22.9 Å². The fourth-order valence-electron chi connectivity index (χ4n) is 2.47.